The lowest BCUT2D eigenvalue weighted by atomic mass is 10.1. The van der Waals surface area contributed by atoms with Gasteiger partial charge in [0.05, 0.1) is 20.4 Å². The Morgan fingerprint density at radius 2 is 1.89 bits per heavy atom. The second-order valence-electron chi connectivity index (χ2n) is 3.81. The minimum Gasteiger partial charge on any atom is -0.306 e. The molecule has 96 valence electrons. The molecule has 1 N–H and O–H groups in total. The normalized spacial score (nSPS) is 12.7. The van der Waals surface area contributed by atoms with Crippen molar-refractivity contribution >= 4 is 46.1 Å². The van der Waals surface area contributed by atoms with Crippen LogP contribution in [0, 0.1) is 0 Å². The van der Waals surface area contributed by atoms with E-state index in [2.05, 4.69) is 12.2 Å². The zero-order chi connectivity index (χ0) is 13.1. The van der Waals surface area contributed by atoms with Gasteiger partial charge in [-0.25, -0.2) is 0 Å². The molecule has 0 saturated heterocycles. The van der Waals surface area contributed by atoms with Crippen molar-refractivity contribution in [1.29, 1.82) is 0 Å². The summed E-state index contributed by atoms with van der Waals surface area (Å²) in [5.74, 6) is 0. The summed E-state index contributed by atoms with van der Waals surface area (Å²) < 4.78 is 0.785. The average Bonchev–Trinajstić information content (AvgIpc) is 2.76. The summed E-state index contributed by atoms with van der Waals surface area (Å²) in [6.45, 7) is 2.93. The molecule has 1 nitrogen and oxygen atoms in total. The highest BCUT2D eigenvalue weighted by atomic mass is 35.5. The largest absolute Gasteiger partial charge is 0.306 e. The van der Waals surface area contributed by atoms with Gasteiger partial charge in [0.2, 0.25) is 0 Å². The van der Waals surface area contributed by atoms with E-state index in [0.29, 0.717) is 10.0 Å². The van der Waals surface area contributed by atoms with E-state index < -0.39 is 0 Å². The van der Waals surface area contributed by atoms with Gasteiger partial charge in [0.1, 0.15) is 0 Å². The molecule has 1 aromatic carbocycles. The summed E-state index contributed by atoms with van der Waals surface area (Å²) in [6.07, 6.45) is 0. The van der Waals surface area contributed by atoms with Gasteiger partial charge >= 0.3 is 0 Å². The van der Waals surface area contributed by atoms with Crippen LogP contribution < -0.4 is 5.32 Å². The fraction of sp³-hybridized carbons (Fsp3) is 0.231. The number of thiophene rings is 1. The fourth-order valence-corrected chi connectivity index (χ4v) is 3.23. The first-order valence-corrected chi connectivity index (χ1v) is 7.50. The van der Waals surface area contributed by atoms with E-state index in [1.165, 1.54) is 4.88 Å². The molecule has 0 radical (unpaired) electrons. The Bertz CT molecular complexity index is 539. The molecule has 0 saturated carbocycles. The maximum Gasteiger partial charge on any atom is 0.0931 e. The molecule has 1 atom stereocenters. The van der Waals surface area contributed by atoms with Crippen LogP contribution in [0.25, 0.3) is 0 Å². The summed E-state index contributed by atoms with van der Waals surface area (Å²) in [7, 11) is 0. The predicted octanol–water partition coefficient (Wildman–Crippen LogP) is 5.41. The van der Waals surface area contributed by atoms with Crippen LogP contribution in [0.4, 0.5) is 0 Å². The Morgan fingerprint density at radius 1 is 1.11 bits per heavy atom. The van der Waals surface area contributed by atoms with Crippen molar-refractivity contribution in [2.24, 2.45) is 0 Å². The molecule has 0 bridgehead atoms. The third kappa shape index (κ3) is 3.19. The van der Waals surface area contributed by atoms with Gasteiger partial charge in [0.25, 0.3) is 0 Å². The second-order valence-corrected chi connectivity index (χ2v) is 6.37. The van der Waals surface area contributed by atoms with E-state index >= 15 is 0 Å². The number of nitrogens with one attached hydrogen (secondary N) is 1. The zero-order valence-corrected chi connectivity index (χ0v) is 12.8. The third-order valence-electron chi connectivity index (χ3n) is 2.56. The maximum atomic E-state index is 6.07. The van der Waals surface area contributed by atoms with E-state index in [-0.39, 0.29) is 6.04 Å². The van der Waals surface area contributed by atoms with Crippen LogP contribution in [-0.4, -0.2) is 6.54 Å². The summed E-state index contributed by atoms with van der Waals surface area (Å²) in [6, 6.07) is 9.73. The minimum absolute atomic E-state index is 0.0993. The Balaban J connectivity index is 2.37. The lowest BCUT2D eigenvalue weighted by Crippen LogP contribution is -2.21. The van der Waals surface area contributed by atoms with Crippen molar-refractivity contribution in [3.05, 3.63) is 55.2 Å². The van der Waals surface area contributed by atoms with Crippen LogP contribution in [0.1, 0.15) is 23.4 Å². The Labute approximate surface area is 126 Å². The number of halogens is 3. The maximum absolute atomic E-state index is 6.07. The van der Waals surface area contributed by atoms with Crippen molar-refractivity contribution < 1.29 is 0 Å². The van der Waals surface area contributed by atoms with Gasteiger partial charge in [-0.15, -0.1) is 11.3 Å². The quantitative estimate of drug-likeness (QED) is 0.794. The topological polar surface area (TPSA) is 12.0 Å². The van der Waals surface area contributed by atoms with Gasteiger partial charge in [-0.1, -0.05) is 47.8 Å². The average molecular weight is 321 g/mol. The molecule has 1 aromatic heterocycles. The van der Waals surface area contributed by atoms with Crippen LogP contribution >= 0.6 is 46.1 Å². The van der Waals surface area contributed by atoms with Gasteiger partial charge in [0, 0.05) is 4.88 Å². The molecule has 0 amide bonds. The monoisotopic (exact) mass is 319 g/mol. The summed E-state index contributed by atoms with van der Waals surface area (Å²) in [5, 5.41) is 4.56. The number of hydrogen-bond acceptors (Lipinski definition) is 2. The molecule has 1 heterocycles. The standard InChI is InChI=1S/C13H12Cl3NS/c1-2-17-13(11-5-6-12(16)18-11)8-3-4-9(14)10(15)7-8/h3-7,13,17H,2H2,1H3. The van der Waals surface area contributed by atoms with Gasteiger partial charge in [-0.3, -0.25) is 0 Å². The van der Waals surface area contributed by atoms with Gasteiger partial charge in [-0.2, -0.15) is 0 Å². The summed E-state index contributed by atoms with van der Waals surface area (Å²) in [4.78, 5) is 1.17. The molecule has 1 unspecified atom stereocenters. The van der Waals surface area contributed by atoms with E-state index in [4.69, 9.17) is 34.8 Å². The highest BCUT2D eigenvalue weighted by molar-refractivity contribution is 7.16. The SMILES string of the molecule is CCNC(c1ccc(Cl)c(Cl)c1)c1ccc(Cl)s1. The fourth-order valence-electron chi connectivity index (χ4n) is 1.76. The molecule has 0 aliphatic carbocycles. The Hall–Kier alpha value is -0.250. The first-order chi connectivity index (χ1) is 8.61. The first-order valence-electron chi connectivity index (χ1n) is 5.55. The highest BCUT2D eigenvalue weighted by Crippen LogP contribution is 2.33. The molecule has 0 fully saturated rings. The smallest absolute Gasteiger partial charge is 0.0931 e. The summed E-state index contributed by atoms with van der Waals surface area (Å²) in [5.41, 5.74) is 1.09. The lowest BCUT2D eigenvalue weighted by Gasteiger charge is -2.17. The van der Waals surface area contributed by atoms with Crippen LogP contribution in [0.2, 0.25) is 14.4 Å². The first kappa shape index (κ1) is 14.2. The summed E-state index contributed by atoms with van der Waals surface area (Å²) >= 11 is 19.6. The molecule has 0 spiro atoms. The predicted molar refractivity (Wildman–Crippen MR) is 81.3 cm³/mol. The van der Waals surface area contributed by atoms with Crippen LogP contribution in [0.3, 0.4) is 0 Å². The molecular weight excluding hydrogens is 309 g/mol. The van der Waals surface area contributed by atoms with Crippen molar-refractivity contribution in [2.45, 2.75) is 13.0 Å². The van der Waals surface area contributed by atoms with Gasteiger partial charge in [-0.05, 0) is 36.4 Å². The zero-order valence-electron chi connectivity index (χ0n) is 9.71. The molecule has 2 aromatic rings. The van der Waals surface area contributed by atoms with Crippen LogP contribution in [-0.2, 0) is 0 Å². The van der Waals surface area contributed by atoms with Crippen LogP contribution in [0.5, 0.6) is 0 Å². The molecule has 0 aliphatic heterocycles. The minimum atomic E-state index is 0.0993. The van der Waals surface area contributed by atoms with Crippen molar-refractivity contribution in [3.63, 3.8) is 0 Å². The lowest BCUT2D eigenvalue weighted by molar-refractivity contribution is 0.640. The van der Waals surface area contributed by atoms with Gasteiger partial charge < -0.3 is 5.32 Å². The van der Waals surface area contributed by atoms with Crippen LogP contribution in [0.15, 0.2) is 30.3 Å². The third-order valence-corrected chi connectivity index (χ3v) is 4.60. The Morgan fingerprint density at radius 3 is 2.44 bits per heavy atom. The molecule has 18 heavy (non-hydrogen) atoms. The van der Waals surface area contributed by atoms with Crippen molar-refractivity contribution in [1.82, 2.24) is 5.32 Å². The molecular formula is C13H12Cl3NS. The van der Waals surface area contributed by atoms with E-state index in [0.717, 1.165) is 16.4 Å². The molecule has 0 aliphatic rings. The highest BCUT2D eigenvalue weighted by Gasteiger charge is 2.16. The van der Waals surface area contributed by atoms with E-state index in [9.17, 15) is 0 Å². The van der Waals surface area contributed by atoms with Gasteiger partial charge in [0.15, 0.2) is 0 Å². The number of rotatable bonds is 4. The van der Waals surface area contributed by atoms with E-state index in [1.54, 1.807) is 11.3 Å². The van der Waals surface area contributed by atoms with E-state index in [1.807, 2.05) is 30.3 Å². The Kier molecular flexibility index (Phi) is 4.93. The van der Waals surface area contributed by atoms with Crippen molar-refractivity contribution in [2.75, 3.05) is 6.54 Å². The van der Waals surface area contributed by atoms with Crippen molar-refractivity contribution in [3.8, 4) is 0 Å². The number of benzene rings is 1. The second kappa shape index (κ2) is 6.27. The number of hydrogen-bond donors (Lipinski definition) is 1. The molecule has 5 heteroatoms. The molecule has 2 rings (SSSR count).